The minimum Gasteiger partial charge on any atom is -0.142 e. The van der Waals surface area contributed by atoms with Gasteiger partial charge in [0, 0.05) is 10.4 Å². The molecule has 14 heavy (non-hydrogen) atoms. The minimum atomic E-state index is 0.827. The summed E-state index contributed by atoms with van der Waals surface area (Å²) in [7, 11) is 0. The Balaban J connectivity index is 2.63. The molecule has 0 N–H and O–H groups in total. The Morgan fingerprint density at radius 1 is 1.21 bits per heavy atom. The van der Waals surface area contributed by atoms with Crippen molar-refractivity contribution in [1.29, 1.82) is 0 Å². The van der Waals surface area contributed by atoms with Crippen molar-refractivity contribution in [2.24, 2.45) is 0 Å². The average molecular weight is 222 g/mol. The summed E-state index contributed by atoms with van der Waals surface area (Å²) in [6.45, 7) is 4.13. The Morgan fingerprint density at radius 2 is 2.00 bits per heavy atom. The van der Waals surface area contributed by atoms with E-state index in [2.05, 4.69) is 30.7 Å². The summed E-state index contributed by atoms with van der Waals surface area (Å²) in [4.78, 5) is 0. The van der Waals surface area contributed by atoms with Gasteiger partial charge in [-0.15, -0.1) is 11.3 Å². The molecule has 1 aromatic carbocycles. The number of hydrogen-bond acceptors (Lipinski definition) is 1. The van der Waals surface area contributed by atoms with E-state index in [-0.39, 0.29) is 0 Å². The molecular formula is C12H10ClS. The lowest BCUT2D eigenvalue weighted by atomic mass is 10.0. The first-order valence-electron chi connectivity index (χ1n) is 4.41. The van der Waals surface area contributed by atoms with Gasteiger partial charge in [0.25, 0.3) is 0 Å². The molecule has 1 heterocycles. The highest BCUT2D eigenvalue weighted by atomic mass is 35.5. The quantitative estimate of drug-likeness (QED) is 0.666. The zero-order chi connectivity index (χ0) is 10.1. The van der Waals surface area contributed by atoms with Gasteiger partial charge in [0.1, 0.15) is 0 Å². The van der Waals surface area contributed by atoms with Crippen molar-refractivity contribution in [3.05, 3.63) is 45.1 Å². The molecule has 0 fully saturated rings. The van der Waals surface area contributed by atoms with Crippen LogP contribution in [0.1, 0.15) is 11.1 Å². The highest BCUT2D eigenvalue weighted by Gasteiger charge is 2.07. The van der Waals surface area contributed by atoms with Crippen LogP contribution in [0.15, 0.2) is 23.6 Å². The van der Waals surface area contributed by atoms with Gasteiger partial charge < -0.3 is 0 Å². The fraction of sp³-hybridized carbons (Fsp3) is 0.167. The Hall–Kier alpha value is -0.790. The number of halogens is 1. The molecule has 0 aliphatic heterocycles. The lowest BCUT2D eigenvalue weighted by Crippen LogP contribution is -1.83. The van der Waals surface area contributed by atoms with E-state index in [1.54, 1.807) is 11.3 Å². The molecule has 2 aromatic rings. The number of benzene rings is 1. The SMILES string of the molecule is Cc1[c]scc1-c1cccc(Cl)c1C. The number of hydrogen-bond donors (Lipinski definition) is 0. The third-order valence-corrected chi connectivity index (χ3v) is 3.54. The van der Waals surface area contributed by atoms with E-state index in [0.29, 0.717) is 0 Å². The second kappa shape index (κ2) is 3.76. The molecule has 0 aliphatic rings. The van der Waals surface area contributed by atoms with Gasteiger partial charge >= 0.3 is 0 Å². The van der Waals surface area contributed by atoms with Gasteiger partial charge in [-0.1, -0.05) is 23.7 Å². The molecule has 1 radical (unpaired) electrons. The van der Waals surface area contributed by atoms with Gasteiger partial charge in [-0.3, -0.25) is 0 Å². The van der Waals surface area contributed by atoms with E-state index in [9.17, 15) is 0 Å². The van der Waals surface area contributed by atoms with Crippen molar-refractivity contribution in [1.82, 2.24) is 0 Å². The lowest BCUT2D eigenvalue weighted by Gasteiger charge is -2.06. The van der Waals surface area contributed by atoms with Crippen molar-refractivity contribution < 1.29 is 0 Å². The molecule has 0 aliphatic carbocycles. The first-order chi connectivity index (χ1) is 6.70. The first kappa shape index (κ1) is 9.75. The van der Waals surface area contributed by atoms with E-state index in [1.807, 2.05) is 12.1 Å². The maximum atomic E-state index is 6.08. The summed E-state index contributed by atoms with van der Waals surface area (Å²) in [6, 6.07) is 6.01. The average Bonchev–Trinajstić information content (AvgIpc) is 2.57. The molecule has 2 rings (SSSR count). The van der Waals surface area contributed by atoms with Crippen molar-refractivity contribution in [2.45, 2.75) is 13.8 Å². The molecule has 0 saturated carbocycles. The number of thiophene rings is 1. The molecule has 0 spiro atoms. The van der Waals surface area contributed by atoms with Crippen LogP contribution in [0.3, 0.4) is 0 Å². The van der Waals surface area contributed by atoms with Gasteiger partial charge in [-0.25, -0.2) is 0 Å². The molecule has 0 atom stereocenters. The van der Waals surface area contributed by atoms with Gasteiger partial charge in [0.05, 0.1) is 0 Å². The van der Waals surface area contributed by atoms with Crippen molar-refractivity contribution in [3.8, 4) is 11.1 Å². The Morgan fingerprint density at radius 3 is 2.64 bits per heavy atom. The van der Waals surface area contributed by atoms with Gasteiger partial charge in [0.2, 0.25) is 0 Å². The molecule has 0 saturated heterocycles. The van der Waals surface area contributed by atoms with Crippen LogP contribution < -0.4 is 0 Å². The van der Waals surface area contributed by atoms with Crippen LogP contribution in [0.25, 0.3) is 11.1 Å². The van der Waals surface area contributed by atoms with Gasteiger partial charge in [-0.2, -0.15) is 0 Å². The van der Waals surface area contributed by atoms with E-state index in [0.717, 1.165) is 10.6 Å². The van der Waals surface area contributed by atoms with Crippen molar-refractivity contribution in [3.63, 3.8) is 0 Å². The lowest BCUT2D eigenvalue weighted by molar-refractivity contribution is 1.44. The van der Waals surface area contributed by atoms with Gasteiger partial charge in [-0.05, 0) is 47.5 Å². The molecule has 0 bridgehead atoms. The summed E-state index contributed by atoms with van der Waals surface area (Å²) in [5.74, 6) is 0. The Labute approximate surface area is 93.2 Å². The second-order valence-electron chi connectivity index (χ2n) is 3.29. The summed E-state index contributed by atoms with van der Waals surface area (Å²) in [5.41, 5.74) is 4.80. The van der Waals surface area contributed by atoms with Crippen LogP contribution in [-0.2, 0) is 0 Å². The maximum absolute atomic E-state index is 6.08. The van der Waals surface area contributed by atoms with Crippen LogP contribution in [0.2, 0.25) is 5.02 Å². The summed E-state index contributed by atoms with van der Waals surface area (Å²) >= 11 is 7.68. The molecule has 0 nitrogen and oxygen atoms in total. The van der Waals surface area contributed by atoms with E-state index in [1.165, 1.54) is 16.7 Å². The predicted octanol–water partition coefficient (Wildman–Crippen LogP) is 4.49. The summed E-state index contributed by atoms with van der Waals surface area (Å²) < 4.78 is 0. The number of rotatable bonds is 1. The zero-order valence-electron chi connectivity index (χ0n) is 8.10. The Bertz CT molecular complexity index is 457. The van der Waals surface area contributed by atoms with Crippen molar-refractivity contribution in [2.75, 3.05) is 0 Å². The number of aryl methyl sites for hydroxylation is 1. The third kappa shape index (κ3) is 1.58. The zero-order valence-corrected chi connectivity index (χ0v) is 9.67. The molecule has 1 aromatic heterocycles. The van der Waals surface area contributed by atoms with Crippen LogP contribution >= 0.6 is 22.9 Å². The molecule has 71 valence electrons. The van der Waals surface area contributed by atoms with Crippen LogP contribution in [0.5, 0.6) is 0 Å². The van der Waals surface area contributed by atoms with Crippen LogP contribution in [0, 0.1) is 19.2 Å². The van der Waals surface area contributed by atoms with Gasteiger partial charge in [0.15, 0.2) is 0 Å². The normalized spacial score (nSPS) is 10.5. The monoisotopic (exact) mass is 221 g/mol. The topological polar surface area (TPSA) is 0 Å². The second-order valence-corrected chi connectivity index (χ2v) is 4.37. The molecular weight excluding hydrogens is 212 g/mol. The van der Waals surface area contributed by atoms with E-state index in [4.69, 9.17) is 11.6 Å². The maximum Gasteiger partial charge on any atom is 0.0481 e. The summed E-state index contributed by atoms with van der Waals surface area (Å²) in [6.07, 6.45) is 0. The fourth-order valence-corrected chi connectivity index (χ4v) is 2.43. The highest BCUT2D eigenvalue weighted by Crippen LogP contribution is 2.31. The molecule has 0 unspecified atom stereocenters. The van der Waals surface area contributed by atoms with Crippen LogP contribution in [-0.4, -0.2) is 0 Å². The van der Waals surface area contributed by atoms with E-state index >= 15 is 0 Å². The summed E-state index contributed by atoms with van der Waals surface area (Å²) in [5, 5.41) is 6.16. The highest BCUT2D eigenvalue weighted by molar-refractivity contribution is 7.07. The first-order valence-corrected chi connectivity index (χ1v) is 5.67. The Kier molecular flexibility index (Phi) is 2.62. The largest absolute Gasteiger partial charge is 0.142 e. The van der Waals surface area contributed by atoms with Crippen molar-refractivity contribution >= 4 is 22.9 Å². The smallest absolute Gasteiger partial charge is 0.0481 e. The molecule has 2 heteroatoms. The minimum absolute atomic E-state index is 0.827. The third-order valence-electron chi connectivity index (χ3n) is 2.35. The van der Waals surface area contributed by atoms with Crippen LogP contribution in [0.4, 0.5) is 0 Å². The fourth-order valence-electron chi connectivity index (χ4n) is 1.48. The predicted molar refractivity (Wildman–Crippen MR) is 63.1 cm³/mol. The van der Waals surface area contributed by atoms with E-state index < -0.39 is 0 Å². The molecule has 0 amide bonds. The standard InChI is InChI=1S/C12H10ClS/c1-8-6-14-7-11(8)10-4-3-5-12(13)9(10)2/h3-5,7H,1-2H3.